The van der Waals surface area contributed by atoms with E-state index in [-0.39, 0.29) is 6.10 Å². The SMILES string of the molecule is CNc1cc(C)nc(C2CSc3ccccc3O2)n1. The summed E-state index contributed by atoms with van der Waals surface area (Å²) in [6.07, 6.45) is -0.0908. The second-order valence-corrected chi connectivity index (χ2v) is 5.43. The van der Waals surface area contributed by atoms with Crippen molar-refractivity contribution in [2.75, 3.05) is 18.1 Å². The molecule has 1 unspecified atom stereocenters. The van der Waals surface area contributed by atoms with Crippen LogP contribution in [0.25, 0.3) is 0 Å². The van der Waals surface area contributed by atoms with Crippen molar-refractivity contribution in [1.82, 2.24) is 9.97 Å². The van der Waals surface area contributed by atoms with Crippen LogP contribution in [0.4, 0.5) is 5.82 Å². The third-order valence-electron chi connectivity index (χ3n) is 2.92. The number of nitrogens with one attached hydrogen (secondary N) is 1. The largest absolute Gasteiger partial charge is 0.480 e. The predicted molar refractivity (Wildman–Crippen MR) is 76.9 cm³/mol. The molecule has 0 spiro atoms. The second kappa shape index (κ2) is 5.09. The molecule has 98 valence electrons. The Kier molecular flexibility index (Phi) is 3.29. The Hall–Kier alpha value is -1.75. The molecule has 1 atom stereocenters. The van der Waals surface area contributed by atoms with Gasteiger partial charge in [-0.25, -0.2) is 9.97 Å². The van der Waals surface area contributed by atoms with Gasteiger partial charge in [-0.05, 0) is 19.1 Å². The molecule has 5 heteroatoms. The summed E-state index contributed by atoms with van der Waals surface area (Å²) < 4.78 is 6.00. The van der Waals surface area contributed by atoms with Crippen molar-refractivity contribution in [2.45, 2.75) is 17.9 Å². The fourth-order valence-electron chi connectivity index (χ4n) is 2.01. The Morgan fingerprint density at radius 1 is 1.32 bits per heavy atom. The van der Waals surface area contributed by atoms with Gasteiger partial charge < -0.3 is 10.1 Å². The Morgan fingerprint density at radius 3 is 3.00 bits per heavy atom. The monoisotopic (exact) mass is 273 g/mol. The average molecular weight is 273 g/mol. The maximum Gasteiger partial charge on any atom is 0.172 e. The number of aryl methyl sites for hydroxylation is 1. The third kappa shape index (κ3) is 2.51. The fourth-order valence-corrected chi connectivity index (χ4v) is 2.99. The van der Waals surface area contributed by atoms with Crippen molar-refractivity contribution in [3.05, 3.63) is 41.9 Å². The van der Waals surface area contributed by atoms with Crippen LogP contribution in [-0.4, -0.2) is 22.8 Å². The Labute approximate surface area is 116 Å². The van der Waals surface area contributed by atoms with Crippen molar-refractivity contribution in [3.8, 4) is 5.75 Å². The Balaban J connectivity index is 1.90. The van der Waals surface area contributed by atoms with Gasteiger partial charge in [-0.3, -0.25) is 0 Å². The van der Waals surface area contributed by atoms with E-state index in [0.29, 0.717) is 0 Å². The molecule has 0 aliphatic carbocycles. The number of ether oxygens (including phenoxy) is 1. The van der Waals surface area contributed by atoms with Gasteiger partial charge in [0.05, 0.1) is 0 Å². The molecule has 1 aromatic heterocycles. The van der Waals surface area contributed by atoms with Crippen molar-refractivity contribution < 1.29 is 4.74 Å². The smallest absolute Gasteiger partial charge is 0.172 e. The minimum atomic E-state index is -0.0908. The van der Waals surface area contributed by atoms with Gasteiger partial charge in [0, 0.05) is 29.5 Å². The summed E-state index contributed by atoms with van der Waals surface area (Å²) in [5.41, 5.74) is 0.946. The fraction of sp³-hybridized carbons (Fsp3) is 0.286. The number of para-hydroxylation sites is 1. The van der Waals surface area contributed by atoms with Crippen LogP contribution in [0.5, 0.6) is 5.75 Å². The van der Waals surface area contributed by atoms with Crippen LogP contribution in [0.1, 0.15) is 17.6 Å². The molecule has 0 bridgehead atoms. The van der Waals surface area contributed by atoms with Gasteiger partial charge in [0.25, 0.3) is 0 Å². The normalized spacial score (nSPS) is 17.5. The summed E-state index contributed by atoms with van der Waals surface area (Å²) in [4.78, 5) is 10.2. The maximum absolute atomic E-state index is 6.00. The molecule has 2 aromatic rings. The van der Waals surface area contributed by atoms with Crippen molar-refractivity contribution in [2.24, 2.45) is 0 Å². The lowest BCUT2D eigenvalue weighted by molar-refractivity contribution is 0.210. The predicted octanol–water partition coefficient (Wildman–Crippen LogP) is 3.05. The molecule has 4 nitrogen and oxygen atoms in total. The van der Waals surface area contributed by atoms with Gasteiger partial charge in [0.1, 0.15) is 11.6 Å². The molecular weight excluding hydrogens is 258 g/mol. The molecular formula is C14H15N3OS. The average Bonchev–Trinajstić information content (AvgIpc) is 2.46. The number of nitrogens with zero attached hydrogens (tertiary/aromatic N) is 2. The van der Waals surface area contributed by atoms with Crippen molar-refractivity contribution in [3.63, 3.8) is 0 Å². The van der Waals surface area contributed by atoms with E-state index in [9.17, 15) is 0 Å². The number of anilines is 1. The van der Waals surface area contributed by atoms with Crippen LogP contribution in [0.15, 0.2) is 35.2 Å². The van der Waals surface area contributed by atoms with Gasteiger partial charge in [-0.2, -0.15) is 0 Å². The summed E-state index contributed by atoms with van der Waals surface area (Å²) in [5.74, 6) is 3.32. The topological polar surface area (TPSA) is 47.0 Å². The van der Waals surface area contributed by atoms with Crippen LogP contribution >= 0.6 is 11.8 Å². The molecule has 2 heterocycles. The van der Waals surface area contributed by atoms with Crippen LogP contribution in [-0.2, 0) is 0 Å². The van der Waals surface area contributed by atoms with Crippen LogP contribution < -0.4 is 10.1 Å². The molecule has 1 N–H and O–H groups in total. The lowest BCUT2D eigenvalue weighted by Crippen LogP contribution is -2.18. The first kappa shape index (κ1) is 12.3. The number of thioether (sulfide) groups is 1. The van der Waals surface area contributed by atoms with E-state index in [0.717, 1.165) is 28.8 Å². The third-order valence-corrected chi connectivity index (χ3v) is 4.04. The highest BCUT2D eigenvalue weighted by atomic mass is 32.2. The molecule has 1 aliphatic heterocycles. The number of aromatic nitrogens is 2. The first-order chi connectivity index (χ1) is 9.26. The molecule has 0 radical (unpaired) electrons. The molecule has 0 amide bonds. The van der Waals surface area contributed by atoms with Gasteiger partial charge >= 0.3 is 0 Å². The Morgan fingerprint density at radius 2 is 2.16 bits per heavy atom. The molecule has 0 saturated carbocycles. The lowest BCUT2D eigenvalue weighted by atomic mass is 10.3. The Bertz CT molecular complexity index is 603. The molecule has 19 heavy (non-hydrogen) atoms. The van der Waals surface area contributed by atoms with E-state index < -0.39 is 0 Å². The van der Waals surface area contributed by atoms with Gasteiger partial charge in [0.15, 0.2) is 11.9 Å². The second-order valence-electron chi connectivity index (χ2n) is 4.37. The number of hydrogen-bond donors (Lipinski definition) is 1. The number of rotatable bonds is 2. The van der Waals surface area contributed by atoms with Crippen LogP contribution in [0.2, 0.25) is 0 Å². The highest BCUT2D eigenvalue weighted by Crippen LogP contribution is 2.39. The van der Waals surface area contributed by atoms with Gasteiger partial charge in [-0.15, -0.1) is 11.8 Å². The standard InChI is InChI=1S/C14H15N3OS/c1-9-7-13(15-2)17-14(16-9)11-8-19-12-6-4-3-5-10(12)18-11/h3-7,11H,8H2,1-2H3,(H,15,16,17). The number of fused-ring (bicyclic) bond motifs is 1. The van der Waals surface area contributed by atoms with E-state index in [1.54, 1.807) is 11.8 Å². The first-order valence-electron chi connectivity index (χ1n) is 6.18. The summed E-state index contributed by atoms with van der Waals surface area (Å²) >= 11 is 1.79. The highest BCUT2D eigenvalue weighted by Gasteiger charge is 2.24. The van der Waals surface area contributed by atoms with E-state index in [4.69, 9.17) is 4.74 Å². The zero-order chi connectivity index (χ0) is 13.2. The van der Waals surface area contributed by atoms with Crippen molar-refractivity contribution in [1.29, 1.82) is 0 Å². The van der Waals surface area contributed by atoms with E-state index >= 15 is 0 Å². The molecule has 1 aromatic carbocycles. The van der Waals surface area contributed by atoms with E-state index in [1.807, 2.05) is 38.2 Å². The van der Waals surface area contributed by atoms with Crippen molar-refractivity contribution >= 4 is 17.6 Å². The number of hydrogen-bond acceptors (Lipinski definition) is 5. The summed E-state index contributed by atoms with van der Waals surface area (Å²) in [6.45, 7) is 1.97. The summed E-state index contributed by atoms with van der Waals surface area (Å²) in [7, 11) is 1.86. The molecule has 0 saturated heterocycles. The molecule has 1 aliphatic rings. The summed E-state index contributed by atoms with van der Waals surface area (Å²) in [6, 6.07) is 10.00. The van der Waals surface area contributed by atoms with Gasteiger partial charge in [-0.1, -0.05) is 12.1 Å². The van der Waals surface area contributed by atoms with Crippen LogP contribution in [0, 0.1) is 6.92 Å². The quantitative estimate of drug-likeness (QED) is 0.911. The zero-order valence-corrected chi connectivity index (χ0v) is 11.7. The van der Waals surface area contributed by atoms with E-state index in [2.05, 4.69) is 21.4 Å². The van der Waals surface area contributed by atoms with Gasteiger partial charge in [0.2, 0.25) is 0 Å². The van der Waals surface area contributed by atoms with Crippen LogP contribution in [0.3, 0.4) is 0 Å². The summed E-state index contributed by atoms with van der Waals surface area (Å²) in [5, 5.41) is 3.05. The minimum Gasteiger partial charge on any atom is -0.480 e. The molecule has 3 rings (SSSR count). The number of benzene rings is 1. The first-order valence-corrected chi connectivity index (χ1v) is 7.16. The minimum absolute atomic E-state index is 0.0908. The highest BCUT2D eigenvalue weighted by molar-refractivity contribution is 7.99. The molecule has 0 fully saturated rings. The van der Waals surface area contributed by atoms with E-state index in [1.165, 1.54) is 4.90 Å². The zero-order valence-electron chi connectivity index (χ0n) is 10.9. The maximum atomic E-state index is 6.00. The lowest BCUT2D eigenvalue weighted by Gasteiger charge is -2.24.